The summed E-state index contributed by atoms with van der Waals surface area (Å²) in [4.78, 5) is 38.5. The number of hydrogen-bond acceptors (Lipinski definition) is 5. The highest BCUT2D eigenvalue weighted by molar-refractivity contribution is 6.04. The Kier molecular flexibility index (Phi) is 5.31. The molecule has 3 amide bonds. The fourth-order valence-corrected chi connectivity index (χ4v) is 3.81. The number of nitrogens with zero attached hydrogens (tertiary/aromatic N) is 1. The fraction of sp³-hybridized carbons (Fsp3) is 0.318. The van der Waals surface area contributed by atoms with E-state index in [1.807, 2.05) is 30.3 Å². The SMILES string of the molecule is NCc1ccc(COc2cccc3c2CN(C2CCCC(=O)NC2=O)C3=O)cc1. The molecule has 0 spiro atoms. The van der Waals surface area contributed by atoms with Crippen LogP contribution in [0.3, 0.4) is 0 Å². The molecule has 150 valence electrons. The summed E-state index contributed by atoms with van der Waals surface area (Å²) in [5.41, 5.74) is 9.00. The van der Waals surface area contributed by atoms with Crippen molar-refractivity contribution in [1.29, 1.82) is 0 Å². The van der Waals surface area contributed by atoms with Crippen LogP contribution in [0.25, 0.3) is 0 Å². The summed E-state index contributed by atoms with van der Waals surface area (Å²) < 4.78 is 6.00. The molecule has 2 aromatic carbocycles. The maximum atomic E-state index is 12.9. The fourth-order valence-electron chi connectivity index (χ4n) is 3.81. The lowest BCUT2D eigenvalue weighted by molar-refractivity contribution is -0.132. The molecule has 1 fully saturated rings. The third-order valence-corrected chi connectivity index (χ3v) is 5.43. The van der Waals surface area contributed by atoms with E-state index in [1.165, 1.54) is 0 Å². The first-order chi connectivity index (χ1) is 14.1. The number of imide groups is 1. The number of nitrogens with two attached hydrogens (primary N) is 1. The summed E-state index contributed by atoms with van der Waals surface area (Å²) in [5.74, 6) is -0.263. The molecule has 1 atom stereocenters. The Morgan fingerprint density at radius 2 is 1.83 bits per heavy atom. The van der Waals surface area contributed by atoms with E-state index in [-0.39, 0.29) is 11.8 Å². The second-order valence-electron chi connectivity index (χ2n) is 7.35. The van der Waals surface area contributed by atoms with E-state index in [2.05, 4.69) is 5.32 Å². The highest BCUT2D eigenvalue weighted by Crippen LogP contribution is 2.33. The van der Waals surface area contributed by atoms with Crippen molar-refractivity contribution < 1.29 is 19.1 Å². The maximum absolute atomic E-state index is 12.9. The molecule has 7 nitrogen and oxygen atoms in total. The molecule has 2 aliphatic rings. The zero-order chi connectivity index (χ0) is 20.4. The summed E-state index contributed by atoms with van der Waals surface area (Å²) in [5, 5.41) is 2.37. The summed E-state index contributed by atoms with van der Waals surface area (Å²) in [7, 11) is 0. The number of amides is 3. The number of ether oxygens (including phenoxy) is 1. The van der Waals surface area contributed by atoms with E-state index in [0.717, 1.165) is 16.7 Å². The summed E-state index contributed by atoms with van der Waals surface area (Å²) >= 11 is 0. The maximum Gasteiger partial charge on any atom is 0.255 e. The lowest BCUT2D eigenvalue weighted by atomic mass is 10.1. The van der Waals surface area contributed by atoms with Gasteiger partial charge in [0, 0.05) is 24.1 Å². The van der Waals surface area contributed by atoms with Gasteiger partial charge in [0.15, 0.2) is 0 Å². The van der Waals surface area contributed by atoms with Crippen molar-refractivity contribution >= 4 is 17.7 Å². The Morgan fingerprint density at radius 1 is 1.07 bits per heavy atom. The van der Waals surface area contributed by atoms with Crippen LogP contribution in [-0.4, -0.2) is 28.7 Å². The number of fused-ring (bicyclic) bond motifs is 1. The van der Waals surface area contributed by atoms with E-state index in [9.17, 15) is 14.4 Å². The topological polar surface area (TPSA) is 102 Å². The van der Waals surface area contributed by atoms with Gasteiger partial charge in [-0.15, -0.1) is 0 Å². The second-order valence-corrected chi connectivity index (χ2v) is 7.35. The molecule has 2 aromatic rings. The molecule has 4 rings (SSSR count). The number of carbonyl (C=O) groups is 3. The third kappa shape index (κ3) is 3.86. The first kappa shape index (κ1) is 19.1. The molecule has 0 aliphatic carbocycles. The standard InChI is InChI=1S/C22H23N3O4/c23-11-14-7-9-15(10-8-14)13-29-19-5-1-3-16-17(19)12-25(22(16)28)18-4-2-6-20(26)24-21(18)27/h1,3,5,7-10,18H,2,4,6,11-13,23H2,(H,24,26,27). The smallest absolute Gasteiger partial charge is 0.255 e. The third-order valence-electron chi connectivity index (χ3n) is 5.43. The number of benzene rings is 2. The van der Waals surface area contributed by atoms with Gasteiger partial charge in [-0.1, -0.05) is 30.3 Å². The van der Waals surface area contributed by atoms with Crippen LogP contribution in [0.1, 0.15) is 46.3 Å². The number of carbonyl (C=O) groups excluding carboxylic acids is 3. The molecule has 0 aromatic heterocycles. The van der Waals surface area contributed by atoms with Gasteiger partial charge in [0.25, 0.3) is 5.91 Å². The van der Waals surface area contributed by atoms with Crippen LogP contribution < -0.4 is 15.8 Å². The zero-order valence-corrected chi connectivity index (χ0v) is 16.0. The van der Waals surface area contributed by atoms with Crippen LogP contribution in [0.5, 0.6) is 5.75 Å². The van der Waals surface area contributed by atoms with Crippen LogP contribution in [0.15, 0.2) is 42.5 Å². The van der Waals surface area contributed by atoms with Crippen molar-refractivity contribution in [2.75, 3.05) is 0 Å². The minimum absolute atomic E-state index is 0.202. The number of rotatable bonds is 5. The Balaban J connectivity index is 1.51. The molecule has 2 aliphatic heterocycles. The summed E-state index contributed by atoms with van der Waals surface area (Å²) in [6, 6.07) is 12.6. The molecule has 0 saturated carbocycles. The van der Waals surface area contributed by atoms with Gasteiger partial charge in [-0.3, -0.25) is 19.7 Å². The molecule has 0 bridgehead atoms. The number of hydrogen-bond donors (Lipinski definition) is 2. The van der Waals surface area contributed by atoms with E-state index in [4.69, 9.17) is 10.5 Å². The van der Waals surface area contributed by atoms with Gasteiger partial charge >= 0.3 is 0 Å². The van der Waals surface area contributed by atoms with Crippen molar-refractivity contribution in [3.8, 4) is 5.75 Å². The normalized spacial score (nSPS) is 19.0. The van der Waals surface area contributed by atoms with Crippen LogP contribution in [0.2, 0.25) is 0 Å². The lowest BCUT2D eigenvalue weighted by Gasteiger charge is -2.24. The van der Waals surface area contributed by atoms with Gasteiger partial charge in [-0.25, -0.2) is 0 Å². The van der Waals surface area contributed by atoms with Crippen LogP contribution >= 0.6 is 0 Å². The first-order valence-corrected chi connectivity index (χ1v) is 9.74. The van der Waals surface area contributed by atoms with Gasteiger partial charge in [0.1, 0.15) is 18.4 Å². The molecule has 1 saturated heterocycles. The molecule has 3 N–H and O–H groups in total. The molecule has 1 unspecified atom stereocenters. The molecular formula is C22H23N3O4. The highest BCUT2D eigenvalue weighted by atomic mass is 16.5. The van der Waals surface area contributed by atoms with Crippen molar-refractivity contribution in [3.05, 3.63) is 64.7 Å². The molecular weight excluding hydrogens is 370 g/mol. The largest absolute Gasteiger partial charge is 0.489 e. The van der Waals surface area contributed by atoms with E-state index < -0.39 is 11.9 Å². The van der Waals surface area contributed by atoms with Gasteiger partial charge in [0.05, 0.1) is 6.54 Å². The summed E-state index contributed by atoms with van der Waals surface area (Å²) in [6.07, 6.45) is 1.35. The number of nitrogens with one attached hydrogen (secondary N) is 1. The molecule has 0 radical (unpaired) electrons. The van der Waals surface area contributed by atoms with E-state index in [1.54, 1.807) is 17.0 Å². The molecule has 2 heterocycles. The summed E-state index contributed by atoms with van der Waals surface area (Å²) in [6.45, 7) is 1.16. The van der Waals surface area contributed by atoms with Gasteiger partial charge in [-0.2, -0.15) is 0 Å². The van der Waals surface area contributed by atoms with E-state index in [0.29, 0.717) is 50.3 Å². The predicted molar refractivity (Wildman–Crippen MR) is 106 cm³/mol. The monoisotopic (exact) mass is 393 g/mol. The van der Waals surface area contributed by atoms with Crippen molar-refractivity contribution in [2.24, 2.45) is 5.73 Å². The van der Waals surface area contributed by atoms with Crippen LogP contribution in [0.4, 0.5) is 0 Å². The average Bonchev–Trinajstić information content (AvgIpc) is 2.96. The van der Waals surface area contributed by atoms with Crippen molar-refractivity contribution in [3.63, 3.8) is 0 Å². The Labute approximate surface area is 168 Å². The van der Waals surface area contributed by atoms with Gasteiger partial charge in [-0.05, 0) is 36.1 Å². The lowest BCUT2D eigenvalue weighted by Crippen LogP contribution is -2.46. The highest BCUT2D eigenvalue weighted by Gasteiger charge is 2.39. The second kappa shape index (κ2) is 8.05. The molecule has 7 heteroatoms. The van der Waals surface area contributed by atoms with Gasteiger partial charge < -0.3 is 15.4 Å². The van der Waals surface area contributed by atoms with E-state index >= 15 is 0 Å². The average molecular weight is 393 g/mol. The van der Waals surface area contributed by atoms with Gasteiger partial charge in [0.2, 0.25) is 11.8 Å². The Bertz CT molecular complexity index is 955. The predicted octanol–water partition coefficient (Wildman–Crippen LogP) is 1.88. The first-order valence-electron chi connectivity index (χ1n) is 9.74. The zero-order valence-electron chi connectivity index (χ0n) is 16.0. The quantitative estimate of drug-likeness (QED) is 0.755. The minimum Gasteiger partial charge on any atom is -0.489 e. The Hall–Kier alpha value is -3.19. The Morgan fingerprint density at radius 3 is 2.59 bits per heavy atom. The van der Waals surface area contributed by atoms with Crippen molar-refractivity contribution in [1.82, 2.24) is 10.2 Å². The molecule has 29 heavy (non-hydrogen) atoms. The van der Waals surface area contributed by atoms with Crippen molar-refractivity contribution in [2.45, 2.75) is 45.0 Å². The van der Waals surface area contributed by atoms with Crippen LogP contribution in [-0.2, 0) is 29.3 Å². The van der Waals surface area contributed by atoms with Crippen LogP contribution in [0, 0.1) is 0 Å². The minimum atomic E-state index is -0.641.